The highest BCUT2D eigenvalue weighted by Gasteiger charge is 2.06. The van der Waals surface area contributed by atoms with E-state index in [1.165, 1.54) is 0 Å². The monoisotopic (exact) mass is 324 g/mol. The Morgan fingerprint density at radius 1 is 1.15 bits per heavy atom. The van der Waals surface area contributed by atoms with Crippen molar-refractivity contribution in [3.63, 3.8) is 0 Å². The molecule has 1 N–H and O–H groups in total. The number of ether oxygens (including phenoxy) is 1. The van der Waals surface area contributed by atoms with E-state index in [9.17, 15) is 0 Å². The number of hydrogen-bond donors (Lipinski definition) is 1. The summed E-state index contributed by atoms with van der Waals surface area (Å²) in [6.07, 6.45) is 0. The topological polar surface area (TPSA) is 34.1 Å². The molecule has 0 amide bonds. The number of thiazole rings is 1. The number of nitrogens with one attached hydrogen (secondary N) is 1. The van der Waals surface area contributed by atoms with Gasteiger partial charge in [0, 0.05) is 10.7 Å². The molecule has 102 valence electrons. The fourth-order valence-electron chi connectivity index (χ4n) is 1.82. The molecule has 0 saturated carbocycles. The van der Waals surface area contributed by atoms with Gasteiger partial charge in [-0.3, -0.25) is 0 Å². The Kier molecular flexibility index (Phi) is 3.70. The van der Waals surface area contributed by atoms with Gasteiger partial charge in [-0.25, -0.2) is 4.98 Å². The lowest BCUT2D eigenvalue weighted by Crippen LogP contribution is -1.90. The second-order valence-corrected chi connectivity index (χ2v) is 5.98. The van der Waals surface area contributed by atoms with Crippen molar-refractivity contribution in [1.29, 1.82) is 0 Å². The molecule has 0 aliphatic heterocycles. The molecule has 2 aromatic carbocycles. The molecular formula is C14H10Cl2N2OS. The zero-order chi connectivity index (χ0) is 14.1. The molecule has 0 atom stereocenters. The molecule has 0 radical (unpaired) electrons. The van der Waals surface area contributed by atoms with Crippen LogP contribution in [0.5, 0.6) is 5.75 Å². The molecule has 20 heavy (non-hydrogen) atoms. The normalized spacial score (nSPS) is 10.8. The summed E-state index contributed by atoms with van der Waals surface area (Å²) in [5, 5.41) is 5.29. The third kappa shape index (κ3) is 2.68. The van der Waals surface area contributed by atoms with Gasteiger partial charge in [0.15, 0.2) is 5.13 Å². The number of halogens is 2. The van der Waals surface area contributed by atoms with Gasteiger partial charge >= 0.3 is 0 Å². The first-order valence-corrected chi connectivity index (χ1v) is 7.39. The van der Waals surface area contributed by atoms with Gasteiger partial charge in [-0.05, 0) is 36.4 Å². The highest BCUT2D eigenvalue weighted by atomic mass is 35.5. The fraction of sp³-hybridized carbons (Fsp3) is 0.0714. The molecule has 1 aromatic heterocycles. The summed E-state index contributed by atoms with van der Waals surface area (Å²) in [5.74, 6) is 0.647. The van der Waals surface area contributed by atoms with Crippen LogP contribution in [-0.4, -0.2) is 12.1 Å². The molecule has 3 nitrogen and oxygen atoms in total. The first-order valence-electron chi connectivity index (χ1n) is 5.82. The van der Waals surface area contributed by atoms with Crippen LogP contribution in [-0.2, 0) is 0 Å². The predicted molar refractivity (Wildman–Crippen MR) is 85.9 cm³/mol. The van der Waals surface area contributed by atoms with Gasteiger partial charge in [-0.2, -0.15) is 0 Å². The smallest absolute Gasteiger partial charge is 0.188 e. The summed E-state index contributed by atoms with van der Waals surface area (Å²) in [6.45, 7) is 0. The first kappa shape index (κ1) is 13.5. The van der Waals surface area contributed by atoms with Gasteiger partial charge in [0.2, 0.25) is 0 Å². The Morgan fingerprint density at radius 3 is 2.75 bits per heavy atom. The highest BCUT2D eigenvalue weighted by Crippen LogP contribution is 2.32. The highest BCUT2D eigenvalue weighted by molar-refractivity contribution is 7.22. The Bertz CT molecular complexity index is 773. The van der Waals surface area contributed by atoms with E-state index in [0.29, 0.717) is 15.8 Å². The standard InChI is InChI=1S/C14H10Cl2N2OS/c1-19-12-5-3-9(7-10(12)16)17-14-18-11-4-2-8(15)6-13(11)20-14/h2-7H,1H3,(H,17,18). The van der Waals surface area contributed by atoms with Crippen molar-refractivity contribution in [2.24, 2.45) is 0 Å². The Balaban J connectivity index is 1.90. The van der Waals surface area contributed by atoms with E-state index in [-0.39, 0.29) is 0 Å². The summed E-state index contributed by atoms with van der Waals surface area (Å²) < 4.78 is 6.17. The number of anilines is 2. The average molecular weight is 325 g/mol. The number of rotatable bonds is 3. The molecule has 6 heteroatoms. The van der Waals surface area contributed by atoms with Gasteiger partial charge in [0.25, 0.3) is 0 Å². The molecule has 1 heterocycles. The lowest BCUT2D eigenvalue weighted by atomic mass is 10.3. The molecule has 0 fully saturated rings. The average Bonchev–Trinajstić information content (AvgIpc) is 2.80. The quantitative estimate of drug-likeness (QED) is 0.704. The van der Waals surface area contributed by atoms with Crippen LogP contribution in [0.3, 0.4) is 0 Å². The molecule has 0 saturated heterocycles. The van der Waals surface area contributed by atoms with E-state index in [4.69, 9.17) is 27.9 Å². The Hall–Kier alpha value is -1.49. The molecule has 0 bridgehead atoms. The lowest BCUT2D eigenvalue weighted by molar-refractivity contribution is 0.415. The minimum Gasteiger partial charge on any atom is -0.495 e. The molecule has 0 unspecified atom stereocenters. The zero-order valence-electron chi connectivity index (χ0n) is 10.5. The van der Waals surface area contributed by atoms with Crippen molar-refractivity contribution in [3.8, 4) is 5.75 Å². The Morgan fingerprint density at radius 2 is 2.00 bits per heavy atom. The van der Waals surface area contributed by atoms with Gasteiger partial charge < -0.3 is 10.1 Å². The van der Waals surface area contributed by atoms with Crippen molar-refractivity contribution in [1.82, 2.24) is 4.98 Å². The zero-order valence-corrected chi connectivity index (χ0v) is 12.8. The number of nitrogens with zero attached hydrogens (tertiary/aromatic N) is 1. The van der Waals surface area contributed by atoms with Crippen LogP contribution in [0.25, 0.3) is 10.2 Å². The van der Waals surface area contributed by atoms with Crippen LogP contribution >= 0.6 is 34.5 Å². The number of benzene rings is 2. The van der Waals surface area contributed by atoms with Crippen molar-refractivity contribution in [2.75, 3.05) is 12.4 Å². The summed E-state index contributed by atoms with van der Waals surface area (Å²) in [5.41, 5.74) is 1.78. The van der Waals surface area contributed by atoms with E-state index in [0.717, 1.165) is 21.0 Å². The maximum absolute atomic E-state index is 6.10. The van der Waals surface area contributed by atoms with E-state index < -0.39 is 0 Å². The van der Waals surface area contributed by atoms with Crippen LogP contribution in [0, 0.1) is 0 Å². The predicted octanol–water partition coefficient (Wildman–Crippen LogP) is 5.36. The van der Waals surface area contributed by atoms with Gasteiger partial charge in [-0.1, -0.05) is 34.5 Å². The van der Waals surface area contributed by atoms with Crippen molar-refractivity contribution < 1.29 is 4.74 Å². The summed E-state index contributed by atoms with van der Waals surface area (Å²) in [6, 6.07) is 11.1. The van der Waals surface area contributed by atoms with Crippen molar-refractivity contribution in [3.05, 3.63) is 46.4 Å². The fourth-order valence-corrected chi connectivity index (χ4v) is 3.24. The number of aromatic nitrogens is 1. The van der Waals surface area contributed by atoms with Gasteiger partial charge in [-0.15, -0.1) is 0 Å². The SMILES string of the molecule is COc1ccc(Nc2nc3ccc(Cl)cc3s2)cc1Cl. The molecule has 0 aliphatic carbocycles. The third-order valence-corrected chi connectivity index (χ3v) is 4.22. The van der Waals surface area contributed by atoms with Crippen LogP contribution < -0.4 is 10.1 Å². The maximum Gasteiger partial charge on any atom is 0.188 e. The number of methoxy groups -OCH3 is 1. The second kappa shape index (κ2) is 5.48. The molecule has 3 aromatic rings. The van der Waals surface area contributed by atoms with E-state index in [2.05, 4.69) is 10.3 Å². The van der Waals surface area contributed by atoms with Crippen molar-refractivity contribution in [2.45, 2.75) is 0 Å². The van der Waals surface area contributed by atoms with Crippen LogP contribution in [0.2, 0.25) is 10.0 Å². The van der Waals surface area contributed by atoms with Crippen molar-refractivity contribution >= 4 is 55.6 Å². The lowest BCUT2D eigenvalue weighted by Gasteiger charge is -2.06. The van der Waals surface area contributed by atoms with E-state index >= 15 is 0 Å². The number of hydrogen-bond acceptors (Lipinski definition) is 4. The number of fused-ring (bicyclic) bond motifs is 1. The van der Waals surface area contributed by atoms with Gasteiger partial charge in [0.1, 0.15) is 5.75 Å². The second-order valence-electron chi connectivity index (χ2n) is 4.11. The molecular weight excluding hydrogens is 315 g/mol. The Labute approximate surface area is 130 Å². The van der Waals surface area contributed by atoms with Crippen LogP contribution in [0.1, 0.15) is 0 Å². The minimum atomic E-state index is 0.557. The minimum absolute atomic E-state index is 0.557. The molecule has 3 rings (SSSR count). The largest absolute Gasteiger partial charge is 0.495 e. The molecule has 0 aliphatic rings. The third-order valence-electron chi connectivity index (χ3n) is 2.75. The van der Waals surface area contributed by atoms with Gasteiger partial charge in [0.05, 0.1) is 22.3 Å². The summed E-state index contributed by atoms with van der Waals surface area (Å²) in [4.78, 5) is 4.50. The van der Waals surface area contributed by atoms with Crippen LogP contribution in [0.15, 0.2) is 36.4 Å². The van der Waals surface area contributed by atoms with Crippen LogP contribution in [0.4, 0.5) is 10.8 Å². The first-order chi connectivity index (χ1) is 9.65. The summed E-state index contributed by atoms with van der Waals surface area (Å²) in [7, 11) is 1.59. The summed E-state index contributed by atoms with van der Waals surface area (Å²) >= 11 is 13.6. The van der Waals surface area contributed by atoms with E-state index in [1.807, 2.05) is 30.3 Å². The maximum atomic E-state index is 6.10. The van der Waals surface area contributed by atoms with E-state index in [1.54, 1.807) is 24.5 Å². The molecule has 0 spiro atoms.